The Morgan fingerprint density at radius 2 is 2.19 bits per heavy atom. The molecule has 0 radical (unpaired) electrons. The van der Waals surface area contributed by atoms with Gasteiger partial charge in [0, 0.05) is 19.1 Å². The molecule has 1 heterocycles. The Labute approximate surface area is 127 Å². The van der Waals surface area contributed by atoms with Crippen LogP contribution < -0.4 is 10.5 Å². The number of para-hydroxylation sites is 1. The van der Waals surface area contributed by atoms with Gasteiger partial charge in [0.15, 0.2) is 5.78 Å². The summed E-state index contributed by atoms with van der Waals surface area (Å²) in [6.07, 6.45) is 2.19. The third kappa shape index (κ3) is 4.29. The van der Waals surface area contributed by atoms with Crippen LogP contribution in [0.2, 0.25) is 0 Å². The number of carbonyl (C=O) groups is 1. The normalized spacial score (nSPS) is 23.0. The van der Waals surface area contributed by atoms with E-state index in [-0.39, 0.29) is 5.78 Å². The fourth-order valence-corrected chi connectivity index (χ4v) is 2.93. The highest BCUT2D eigenvalue weighted by molar-refractivity contribution is 5.96. The van der Waals surface area contributed by atoms with Crippen LogP contribution in [0.1, 0.15) is 37.0 Å². The lowest BCUT2D eigenvalue weighted by Gasteiger charge is -2.36. The second-order valence-electron chi connectivity index (χ2n) is 5.82. The van der Waals surface area contributed by atoms with Gasteiger partial charge in [-0.15, -0.1) is 0 Å². The van der Waals surface area contributed by atoms with Crippen LogP contribution in [-0.2, 0) is 0 Å². The maximum absolute atomic E-state index is 11.5. The number of nitrogens with two attached hydrogens (primary N) is 1. The third-order valence-corrected chi connectivity index (χ3v) is 4.33. The molecule has 1 aromatic carbocycles. The van der Waals surface area contributed by atoms with Crippen molar-refractivity contribution in [1.82, 2.24) is 4.90 Å². The number of benzene rings is 1. The Hall–Kier alpha value is -1.39. The highest BCUT2D eigenvalue weighted by Gasteiger charge is 2.24. The summed E-state index contributed by atoms with van der Waals surface area (Å²) in [5.41, 5.74) is 6.79. The van der Waals surface area contributed by atoms with E-state index in [1.54, 1.807) is 6.92 Å². The number of ether oxygens (including phenoxy) is 1. The Balaban J connectivity index is 1.83. The minimum absolute atomic E-state index is 0.0422. The largest absolute Gasteiger partial charge is 0.491 e. The molecule has 0 amide bonds. The monoisotopic (exact) mass is 290 g/mol. The first-order valence-electron chi connectivity index (χ1n) is 7.82. The molecule has 0 bridgehead atoms. The van der Waals surface area contributed by atoms with Gasteiger partial charge >= 0.3 is 0 Å². The van der Waals surface area contributed by atoms with Gasteiger partial charge in [-0.2, -0.15) is 0 Å². The van der Waals surface area contributed by atoms with Crippen LogP contribution in [-0.4, -0.2) is 43.0 Å². The van der Waals surface area contributed by atoms with Crippen molar-refractivity contribution in [3.63, 3.8) is 0 Å². The standard InChI is InChI=1S/C17H26N2O2/c1-3-14-12-19(9-8-16(14)18)10-11-21-17-7-5-4-6-15(17)13(2)20/h4-7,14,16H,3,8-12,18H2,1-2H3. The van der Waals surface area contributed by atoms with Crippen molar-refractivity contribution in [2.75, 3.05) is 26.2 Å². The number of hydrogen-bond donors (Lipinski definition) is 1. The maximum atomic E-state index is 11.5. The van der Waals surface area contributed by atoms with E-state index in [2.05, 4.69) is 11.8 Å². The van der Waals surface area contributed by atoms with Gasteiger partial charge in [0.1, 0.15) is 12.4 Å². The second kappa shape index (κ2) is 7.57. The molecule has 2 N–H and O–H groups in total. The molecule has 0 aliphatic carbocycles. The predicted octanol–water partition coefficient (Wildman–Crippen LogP) is 2.33. The first-order valence-corrected chi connectivity index (χ1v) is 7.82. The molecule has 4 nitrogen and oxygen atoms in total. The number of nitrogens with zero attached hydrogens (tertiary/aromatic N) is 1. The Morgan fingerprint density at radius 3 is 2.90 bits per heavy atom. The molecule has 116 valence electrons. The van der Waals surface area contributed by atoms with Gasteiger partial charge in [-0.3, -0.25) is 9.69 Å². The van der Waals surface area contributed by atoms with Crippen LogP contribution in [0.4, 0.5) is 0 Å². The molecule has 1 fully saturated rings. The zero-order chi connectivity index (χ0) is 15.2. The summed E-state index contributed by atoms with van der Waals surface area (Å²) in [6, 6.07) is 7.77. The number of likely N-dealkylation sites (tertiary alicyclic amines) is 1. The van der Waals surface area contributed by atoms with E-state index >= 15 is 0 Å². The molecule has 4 heteroatoms. The quantitative estimate of drug-likeness (QED) is 0.817. The van der Waals surface area contributed by atoms with Crippen molar-refractivity contribution in [1.29, 1.82) is 0 Å². The number of piperidine rings is 1. The van der Waals surface area contributed by atoms with Crippen LogP contribution in [0.15, 0.2) is 24.3 Å². The first kappa shape index (κ1) is 16.0. The topological polar surface area (TPSA) is 55.6 Å². The van der Waals surface area contributed by atoms with Gasteiger partial charge in [0.05, 0.1) is 5.56 Å². The Morgan fingerprint density at radius 1 is 1.43 bits per heavy atom. The molecule has 1 aliphatic rings. The highest BCUT2D eigenvalue weighted by Crippen LogP contribution is 2.20. The molecule has 2 atom stereocenters. The summed E-state index contributed by atoms with van der Waals surface area (Å²) in [4.78, 5) is 14.0. The van der Waals surface area contributed by atoms with Crippen molar-refractivity contribution >= 4 is 5.78 Å². The van der Waals surface area contributed by atoms with Crippen LogP contribution in [0, 0.1) is 5.92 Å². The molecule has 0 spiro atoms. The molecular weight excluding hydrogens is 264 g/mol. The zero-order valence-corrected chi connectivity index (χ0v) is 13.0. The number of ketones is 1. The molecule has 0 aromatic heterocycles. The number of carbonyl (C=O) groups excluding carboxylic acids is 1. The lowest BCUT2D eigenvalue weighted by atomic mass is 9.91. The van der Waals surface area contributed by atoms with Gasteiger partial charge in [0.2, 0.25) is 0 Å². The van der Waals surface area contributed by atoms with Gasteiger partial charge in [-0.25, -0.2) is 0 Å². The lowest BCUT2D eigenvalue weighted by Crippen LogP contribution is -2.47. The van der Waals surface area contributed by atoms with Crippen LogP contribution >= 0.6 is 0 Å². The molecule has 1 aromatic rings. The SMILES string of the molecule is CCC1CN(CCOc2ccccc2C(C)=O)CCC1N. The molecule has 0 saturated carbocycles. The number of hydrogen-bond acceptors (Lipinski definition) is 4. The van der Waals surface area contributed by atoms with Gasteiger partial charge < -0.3 is 10.5 Å². The first-order chi connectivity index (χ1) is 10.1. The van der Waals surface area contributed by atoms with Crippen molar-refractivity contribution in [3.8, 4) is 5.75 Å². The van der Waals surface area contributed by atoms with E-state index in [0.717, 1.165) is 32.5 Å². The molecule has 2 unspecified atom stereocenters. The Bertz CT molecular complexity index is 476. The van der Waals surface area contributed by atoms with E-state index < -0.39 is 0 Å². The average Bonchev–Trinajstić information content (AvgIpc) is 2.49. The lowest BCUT2D eigenvalue weighted by molar-refractivity contribution is 0.101. The average molecular weight is 290 g/mol. The summed E-state index contributed by atoms with van der Waals surface area (Å²) in [5.74, 6) is 1.31. The van der Waals surface area contributed by atoms with Crippen molar-refractivity contribution in [2.24, 2.45) is 11.7 Å². The zero-order valence-electron chi connectivity index (χ0n) is 13.0. The van der Waals surface area contributed by atoms with Crippen molar-refractivity contribution < 1.29 is 9.53 Å². The third-order valence-electron chi connectivity index (χ3n) is 4.33. The minimum atomic E-state index is 0.0422. The minimum Gasteiger partial charge on any atom is -0.491 e. The van der Waals surface area contributed by atoms with Crippen LogP contribution in [0.5, 0.6) is 5.75 Å². The number of Topliss-reactive ketones (excluding diaryl/α,β-unsaturated/α-hetero) is 1. The molecule has 1 saturated heterocycles. The van der Waals surface area contributed by atoms with E-state index in [9.17, 15) is 4.79 Å². The Kier molecular flexibility index (Phi) is 5.76. The van der Waals surface area contributed by atoms with E-state index in [1.807, 2.05) is 24.3 Å². The van der Waals surface area contributed by atoms with Crippen LogP contribution in [0.3, 0.4) is 0 Å². The smallest absolute Gasteiger partial charge is 0.163 e. The summed E-state index contributed by atoms with van der Waals surface area (Å²) in [7, 11) is 0. The maximum Gasteiger partial charge on any atom is 0.163 e. The summed E-state index contributed by atoms with van der Waals surface area (Å²) >= 11 is 0. The van der Waals surface area contributed by atoms with E-state index in [1.165, 1.54) is 0 Å². The summed E-state index contributed by atoms with van der Waals surface area (Å²) in [5, 5.41) is 0. The van der Waals surface area contributed by atoms with E-state index in [4.69, 9.17) is 10.5 Å². The van der Waals surface area contributed by atoms with Gasteiger partial charge in [-0.1, -0.05) is 25.5 Å². The van der Waals surface area contributed by atoms with Crippen LogP contribution in [0.25, 0.3) is 0 Å². The fraction of sp³-hybridized carbons (Fsp3) is 0.588. The molecular formula is C17H26N2O2. The summed E-state index contributed by atoms with van der Waals surface area (Å²) < 4.78 is 5.80. The van der Waals surface area contributed by atoms with E-state index in [0.29, 0.717) is 29.9 Å². The highest BCUT2D eigenvalue weighted by atomic mass is 16.5. The molecule has 1 aliphatic heterocycles. The van der Waals surface area contributed by atoms with Gasteiger partial charge in [0.25, 0.3) is 0 Å². The number of rotatable bonds is 6. The van der Waals surface area contributed by atoms with Crippen molar-refractivity contribution in [2.45, 2.75) is 32.7 Å². The fourth-order valence-electron chi connectivity index (χ4n) is 2.93. The molecule has 2 rings (SSSR count). The molecule has 21 heavy (non-hydrogen) atoms. The van der Waals surface area contributed by atoms with Crippen molar-refractivity contribution in [3.05, 3.63) is 29.8 Å². The summed E-state index contributed by atoms with van der Waals surface area (Å²) in [6.45, 7) is 7.35. The van der Waals surface area contributed by atoms with Gasteiger partial charge in [-0.05, 0) is 37.9 Å². The predicted molar refractivity (Wildman–Crippen MR) is 84.8 cm³/mol. The second-order valence-corrected chi connectivity index (χ2v) is 5.82.